The summed E-state index contributed by atoms with van der Waals surface area (Å²) in [5.74, 6) is 0.381. The van der Waals surface area contributed by atoms with E-state index in [4.69, 9.17) is 0 Å². The Morgan fingerprint density at radius 1 is 1.23 bits per heavy atom. The molecule has 6 rings (SSSR count). The minimum atomic E-state index is -0.534. The second kappa shape index (κ2) is 7.96. The summed E-state index contributed by atoms with van der Waals surface area (Å²) in [4.78, 5) is 8.71. The van der Waals surface area contributed by atoms with Gasteiger partial charge in [0, 0.05) is 53.5 Å². The molecule has 3 saturated carbocycles. The van der Waals surface area contributed by atoms with E-state index >= 15 is 0 Å². The summed E-state index contributed by atoms with van der Waals surface area (Å²) in [6.45, 7) is 0. The van der Waals surface area contributed by atoms with E-state index in [0.29, 0.717) is 34.1 Å². The molecule has 3 aliphatic rings. The lowest BCUT2D eigenvalue weighted by Crippen LogP contribution is -2.40. The molecule has 1 unspecified atom stereocenters. The number of rotatable bonds is 4. The minimum absolute atomic E-state index is 0.116. The lowest BCUT2D eigenvalue weighted by molar-refractivity contribution is 0.157. The largest absolute Gasteiger partial charge is 0.365 e. The molecule has 1 atom stereocenters. The van der Waals surface area contributed by atoms with E-state index in [1.165, 1.54) is 46.9 Å². The van der Waals surface area contributed by atoms with Crippen LogP contribution < -0.4 is 5.32 Å². The van der Waals surface area contributed by atoms with Crippen molar-refractivity contribution in [3.05, 3.63) is 41.7 Å². The van der Waals surface area contributed by atoms with Gasteiger partial charge in [0.05, 0.1) is 17.5 Å². The van der Waals surface area contributed by atoms with E-state index in [9.17, 15) is 14.0 Å². The van der Waals surface area contributed by atoms with E-state index in [0.717, 1.165) is 12.6 Å². The van der Waals surface area contributed by atoms with E-state index in [2.05, 4.69) is 36.5 Å². The molecule has 3 aliphatic carbocycles. The SMILES string of the molecule is N#Cc1cc(F)c(NC2CC3CCC2CC3)nc1-c1cn(SI)c2ncc(F)cc12. The number of nitriles is 1. The summed E-state index contributed by atoms with van der Waals surface area (Å²) in [5, 5.41) is 13.5. The fourth-order valence-corrected chi connectivity index (χ4v) is 6.16. The number of aromatic nitrogens is 3. The van der Waals surface area contributed by atoms with Crippen LogP contribution in [0.1, 0.15) is 37.7 Å². The van der Waals surface area contributed by atoms with Crippen LogP contribution in [0.2, 0.25) is 0 Å². The number of hydrogen-bond donors (Lipinski definition) is 1. The van der Waals surface area contributed by atoms with E-state index in [1.807, 2.05) is 6.07 Å². The number of hydrogen-bond acceptors (Lipinski definition) is 5. The normalized spacial score (nSPS) is 22.9. The Labute approximate surface area is 189 Å². The first kappa shape index (κ1) is 20.0. The molecule has 154 valence electrons. The predicted octanol–water partition coefficient (Wildman–Crippen LogP) is 6.09. The molecule has 5 nitrogen and oxygen atoms in total. The van der Waals surface area contributed by atoms with Crippen molar-refractivity contribution >= 4 is 47.2 Å². The maximum absolute atomic E-state index is 14.8. The van der Waals surface area contributed by atoms with Crippen LogP contribution in [0.15, 0.2) is 24.5 Å². The zero-order valence-corrected chi connectivity index (χ0v) is 18.9. The fraction of sp³-hybridized carbons (Fsp3) is 0.381. The average Bonchev–Trinajstić information content (AvgIpc) is 3.13. The average molecular weight is 537 g/mol. The Bertz CT molecular complexity index is 1170. The van der Waals surface area contributed by atoms with Gasteiger partial charge >= 0.3 is 0 Å². The lowest BCUT2D eigenvalue weighted by Gasteiger charge is -2.42. The molecule has 3 aromatic heterocycles. The molecule has 0 amide bonds. The Morgan fingerprint density at radius 2 is 2.03 bits per heavy atom. The van der Waals surface area contributed by atoms with Crippen LogP contribution >= 0.6 is 30.3 Å². The topological polar surface area (TPSA) is 66.5 Å². The smallest absolute Gasteiger partial charge is 0.166 e. The van der Waals surface area contributed by atoms with Crippen LogP contribution in [0, 0.1) is 34.8 Å². The first-order valence-corrected chi connectivity index (χ1v) is 13.2. The van der Waals surface area contributed by atoms with Gasteiger partial charge in [-0.25, -0.2) is 18.7 Å². The standard InChI is InChI=1S/C21H18F2IN5S/c22-14-7-15-16(10-29(30-24)21(15)26-9-14)19-13(8-25)6-17(23)20(28-19)27-18-5-11-1-3-12(18)4-2-11/h6-7,9-12,18H,1-5H2,(H,27,28). The summed E-state index contributed by atoms with van der Waals surface area (Å²) in [7, 11) is 1.38. The highest BCUT2D eigenvalue weighted by Crippen LogP contribution is 2.43. The summed E-state index contributed by atoms with van der Waals surface area (Å²) < 4.78 is 30.5. The molecule has 0 aliphatic heterocycles. The third kappa shape index (κ3) is 3.43. The van der Waals surface area contributed by atoms with Gasteiger partial charge in [-0.05, 0) is 43.2 Å². The van der Waals surface area contributed by atoms with Crippen molar-refractivity contribution in [1.29, 1.82) is 5.26 Å². The molecule has 3 heterocycles. The number of fused-ring (bicyclic) bond motifs is 4. The zero-order valence-electron chi connectivity index (χ0n) is 15.9. The molecule has 0 radical (unpaired) electrons. The number of halogens is 3. The van der Waals surface area contributed by atoms with Crippen LogP contribution in [0.5, 0.6) is 0 Å². The number of nitrogens with one attached hydrogen (secondary N) is 1. The molecular weight excluding hydrogens is 519 g/mol. The maximum Gasteiger partial charge on any atom is 0.166 e. The van der Waals surface area contributed by atoms with E-state index < -0.39 is 11.6 Å². The van der Waals surface area contributed by atoms with Crippen LogP contribution in [0.3, 0.4) is 0 Å². The van der Waals surface area contributed by atoms with Crippen LogP contribution in [0.4, 0.5) is 14.6 Å². The Morgan fingerprint density at radius 3 is 2.70 bits per heavy atom. The Balaban J connectivity index is 1.60. The Hall–Kier alpha value is -1.93. The maximum atomic E-state index is 14.8. The van der Waals surface area contributed by atoms with Crippen molar-refractivity contribution in [1.82, 2.24) is 13.9 Å². The van der Waals surface area contributed by atoms with Crippen LogP contribution in [0.25, 0.3) is 22.3 Å². The quantitative estimate of drug-likeness (QED) is 0.409. The predicted molar refractivity (Wildman–Crippen MR) is 122 cm³/mol. The third-order valence-corrected chi connectivity index (χ3v) is 8.07. The highest BCUT2D eigenvalue weighted by atomic mass is 127. The van der Waals surface area contributed by atoms with Crippen LogP contribution in [-0.4, -0.2) is 20.0 Å². The van der Waals surface area contributed by atoms with Gasteiger partial charge in [0.15, 0.2) is 17.3 Å². The summed E-state index contributed by atoms with van der Waals surface area (Å²) >= 11 is 2.11. The summed E-state index contributed by atoms with van der Waals surface area (Å²) in [6, 6.07) is 4.83. The molecule has 3 fully saturated rings. The molecule has 0 spiro atoms. The van der Waals surface area contributed by atoms with Gasteiger partial charge in [-0.15, -0.1) is 0 Å². The van der Waals surface area contributed by atoms with Gasteiger partial charge in [-0.3, -0.25) is 3.97 Å². The van der Waals surface area contributed by atoms with Gasteiger partial charge < -0.3 is 5.32 Å². The molecule has 0 saturated heterocycles. The zero-order chi connectivity index (χ0) is 20.8. The first-order chi connectivity index (χ1) is 14.6. The van der Waals surface area contributed by atoms with E-state index in [1.54, 1.807) is 10.2 Å². The molecule has 30 heavy (non-hydrogen) atoms. The summed E-state index contributed by atoms with van der Waals surface area (Å²) in [5.41, 5.74) is 1.58. The van der Waals surface area contributed by atoms with Crippen molar-refractivity contribution in [2.75, 3.05) is 5.32 Å². The van der Waals surface area contributed by atoms with Crippen molar-refractivity contribution in [2.45, 2.75) is 38.1 Å². The van der Waals surface area contributed by atoms with Gasteiger partial charge in [0.2, 0.25) is 0 Å². The number of pyridine rings is 2. The molecule has 2 bridgehead atoms. The molecule has 1 N–H and O–H groups in total. The van der Waals surface area contributed by atoms with Crippen molar-refractivity contribution < 1.29 is 8.78 Å². The highest BCUT2D eigenvalue weighted by molar-refractivity contribution is 14.2. The minimum Gasteiger partial charge on any atom is -0.365 e. The fourth-order valence-electron chi connectivity index (χ4n) is 4.91. The molecule has 3 aromatic rings. The summed E-state index contributed by atoms with van der Waals surface area (Å²) in [6.07, 6.45) is 8.79. The molecule has 0 aromatic carbocycles. The highest BCUT2D eigenvalue weighted by Gasteiger charge is 2.36. The van der Waals surface area contributed by atoms with Gasteiger partial charge in [-0.2, -0.15) is 5.26 Å². The lowest BCUT2D eigenvalue weighted by atomic mass is 9.68. The second-order valence-corrected chi connectivity index (χ2v) is 9.77. The van der Waals surface area contributed by atoms with Gasteiger partial charge in [0.25, 0.3) is 0 Å². The number of anilines is 1. The van der Waals surface area contributed by atoms with Gasteiger partial charge in [-0.1, -0.05) is 12.8 Å². The third-order valence-electron chi connectivity index (χ3n) is 6.37. The van der Waals surface area contributed by atoms with Gasteiger partial charge in [0.1, 0.15) is 11.9 Å². The molecular formula is C21H18F2IN5S. The van der Waals surface area contributed by atoms with Crippen molar-refractivity contribution in [3.8, 4) is 17.3 Å². The molecule has 9 heteroatoms. The first-order valence-electron chi connectivity index (χ1n) is 9.90. The van der Waals surface area contributed by atoms with Crippen molar-refractivity contribution in [3.63, 3.8) is 0 Å². The van der Waals surface area contributed by atoms with E-state index in [-0.39, 0.29) is 17.4 Å². The van der Waals surface area contributed by atoms with Crippen LogP contribution in [-0.2, 0) is 0 Å². The van der Waals surface area contributed by atoms with Crippen molar-refractivity contribution in [2.24, 2.45) is 11.8 Å². The number of nitrogens with zero attached hydrogens (tertiary/aromatic N) is 4. The second-order valence-electron chi connectivity index (χ2n) is 8.06. The Kier molecular flexibility index (Phi) is 5.31. The monoisotopic (exact) mass is 537 g/mol.